The molecule has 0 bridgehead atoms. The van der Waals surface area contributed by atoms with Crippen LogP contribution in [0.25, 0.3) is 0 Å². The van der Waals surface area contributed by atoms with E-state index in [1.165, 1.54) is 30.1 Å². The zero-order valence-electron chi connectivity index (χ0n) is 21.8. The quantitative estimate of drug-likeness (QED) is 0.152. The number of aromatic nitrogens is 1. The summed E-state index contributed by atoms with van der Waals surface area (Å²) in [6.07, 6.45) is 3.55. The molecule has 0 fully saturated rings. The molecule has 0 aliphatic heterocycles. The van der Waals surface area contributed by atoms with Gasteiger partial charge >= 0.3 is 224 Å². The van der Waals surface area contributed by atoms with E-state index < -0.39 is 18.9 Å². The molecule has 1 heterocycles. The molecule has 0 aliphatic carbocycles. The second-order valence-electron chi connectivity index (χ2n) is 9.19. The van der Waals surface area contributed by atoms with Crippen LogP contribution < -0.4 is 25.4 Å². The molecule has 4 rings (SSSR count). The van der Waals surface area contributed by atoms with Crippen LogP contribution in [0.4, 0.5) is 0 Å². The number of methoxy groups -OCH3 is 2. The number of carbonyl (C=O) groups is 1. The summed E-state index contributed by atoms with van der Waals surface area (Å²) in [4.78, 5) is 16.8. The van der Waals surface area contributed by atoms with Gasteiger partial charge in [-0.1, -0.05) is 0 Å². The molecule has 1 aromatic heterocycles. The van der Waals surface area contributed by atoms with Crippen molar-refractivity contribution in [3.63, 3.8) is 0 Å². The average Bonchev–Trinajstić information content (AvgIpc) is 2.96. The van der Waals surface area contributed by atoms with Crippen LogP contribution >= 0.6 is 7.26 Å². The molecule has 4 aromatic rings. The third-order valence-electron chi connectivity index (χ3n) is 7.01. The third-order valence-corrected chi connectivity index (χ3v) is 12.1. The molecule has 0 aliphatic rings. The average molecular weight is 532 g/mol. The van der Waals surface area contributed by atoms with E-state index in [2.05, 4.69) is 96.0 Å². The Morgan fingerprint density at radius 3 is 1.68 bits per heavy atom. The first-order valence-electron chi connectivity index (χ1n) is 12.8. The van der Waals surface area contributed by atoms with E-state index in [1.807, 2.05) is 0 Å². The van der Waals surface area contributed by atoms with Gasteiger partial charge in [-0.15, -0.1) is 0 Å². The number of carbonyl (C=O) groups excluding carboxylic acids is 1. The summed E-state index contributed by atoms with van der Waals surface area (Å²) in [7, 11) is 0.371. The number of unbranched alkanes of at least 4 members (excludes halogenated alkanes) is 2. The monoisotopic (exact) mass is 531 g/mol. The van der Waals surface area contributed by atoms with Gasteiger partial charge in [0.15, 0.2) is 0 Å². The van der Waals surface area contributed by atoms with Crippen LogP contribution in [0.1, 0.15) is 36.0 Å². The van der Waals surface area contributed by atoms with Crippen LogP contribution in [0.5, 0.6) is 23.3 Å². The van der Waals surface area contributed by atoms with Crippen molar-refractivity contribution in [1.82, 2.24) is 4.98 Å². The number of Topliss-reactive ketones (excluding diaryl/α,β-unsaturated/α-hetero) is 1. The molecule has 198 valence electrons. The zero-order valence-corrected chi connectivity index (χ0v) is 22.8. The number of ether oxygens (including phenoxy) is 2. The SMILES string of the molecule is COc1nc(O)c(C(=O)CCCCC[PH](c2ccccc2)(c2ccccc2)c2ccccc2)c(O)c1OC. The fraction of sp³-hybridized carbons (Fsp3) is 0.226. The van der Waals surface area contributed by atoms with E-state index in [4.69, 9.17) is 9.47 Å². The van der Waals surface area contributed by atoms with Crippen molar-refractivity contribution in [1.29, 1.82) is 0 Å². The molecule has 2 N–H and O–H groups in total. The van der Waals surface area contributed by atoms with Crippen molar-refractivity contribution >= 4 is 29.0 Å². The van der Waals surface area contributed by atoms with E-state index in [1.54, 1.807) is 0 Å². The van der Waals surface area contributed by atoms with Gasteiger partial charge in [0.1, 0.15) is 0 Å². The molecule has 0 saturated carbocycles. The Kier molecular flexibility index (Phi) is 8.98. The maximum atomic E-state index is 12.9. The van der Waals surface area contributed by atoms with E-state index in [0.717, 1.165) is 19.0 Å². The van der Waals surface area contributed by atoms with Crippen molar-refractivity contribution in [2.45, 2.75) is 25.7 Å². The predicted molar refractivity (Wildman–Crippen MR) is 155 cm³/mol. The Balaban J connectivity index is 1.53. The van der Waals surface area contributed by atoms with Crippen molar-refractivity contribution in [3.05, 3.63) is 96.6 Å². The number of hydrogen-bond acceptors (Lipinski definition) is 6. The first-order valence-corrected chi connectivity index (χ1v) is 15.0. The van der Waals surface area contributed by atoms with E-state index >= 15 is 0 Å². The summed E-state index contributed by atoms with van der Waals surface area (Å²) in [5, 5.41) is 24.9. The molecular weight excluding hydrogens is 497 g/mol. The minimum atomic E-state index is -2.31. The Labute approximate surface area is 224 Å². The van der Waals surface area contributed by atoms with Crippen LogP contribution in [0.3, 0.4) is 0 Å². The van der Waals surface area contributed by atoms with Crippen LogP contribution in [0.15, 0.2) is 91.0 Å². The molecular formula is C31H34NO5P. The Bertz CT molecular complexity index is 1250. The molecule has 38 heavy (non-hydrogen) atoms. The van der Waals surface area contributed by atoms with Crippen LogP contribution in [-0.4, -0.2) is 41.4 Å². The molecule has 7 heteroatoms. The van der Waals surface area contributed by atoms with Gasteiger partial charge < -0.3 is 0 Å². The fourth-order valence-corrected chi connectivity index (χ4v) is 10.1. The van der Waals surface area contributed by atoms with Gasteiger partial charge in [-0.25, -0.2) is 0 Å². The summed E-state index contributed by atoms with van der Waals surface area (Å²) in [6.45, 7) is 0. The number of hydrogen-bond donors (Lipinski definition) is 2. The standard InChI is InChI=1S/C31H34NO5P/c1-36-29-28(34)27(30(35)32-31(29)37-2)26(33)21-13-6-14-22-38(23-15-7-3-8-16-23,24-17-9-4-10-18-24)25-19-11-5-12-20-25/h3-5,7-12,15-20,38H,6,13-14,21-22H2,1-2H3,(H2,32,34,35). The normalized spacial score (nSPS) is 11.6. The first-order chi connectivity index (χ1) is 18.5. The number of nitrogens with zero attached hydrogens (tertiary/aromatic N) is 1. The maximum absolute atomic E-state index is 12.9. The molecule has 0 radical (unpaired) electrons. The number of aromatic hydroxyl groups is 2. The van der Waals surface area contributed by atoms with Crippen molar-refractivity contribution in [2.24, 2.45) is 0 Å². The Hall–Kier alpha value is -3.89. The molecule has 0 saturated heterocycles. The summed E-state index contributed by atoms with van der Waals surface area (Å²) in [6, 6.07) is 32.3. The molecule has 0 unspecified atom stereocenters. The van der Waals surface area contributed by atoms with Gasteiger partial charge in [0.2, 0.25) is 0 Å². The van der Waals surface area contributed by atoms with Crippen molar-refractivity contribution in [3.8, 4) is 23.3 Å². The number of ketones is 1. The molecule has 6 nitrogen and oxygen atoms in total. The molecule has 3 aromatic carbocycles. The van der Waals surface area contributed by atoms with Gasteiger partial charge in [-0.05, 0) is 0 Å². The van der Waals surface area contributed by atoms with Crippen molar-refractivity contribution < 1.29 is 24.5 Å². The summed E-state index contributed by atoms with van der Waals surface area (Å²) >= 11 is 0. The first kappa shape index (κ1) is 27.2. The van der Waals surface area contributed by atoms with Crippen LogP contribution in [0, 0.1) is 0 Å². The van der Waals surface area contributed by atoms with E-state index in [9.17, 15) is 15.0 Å². The van der Waals surface area contributed by atoms with Gasteiger partial charge in [0.25, 0.3) is 0 Å². The van der Waals surface area contributed by atoms with E-state index in [-0.39, 0.29) is 29.4 Å². The summed E-state index contributed by atoms with van der Waals surface area (Å²) in [5.41, 5.74) is -0.232. The molecule has 0 amide bonds. The zero-order chi connectivity index (χ0) is 27.0. The van der Waals surface area contributed by atoms with Gasteiger partial charge in [-0.3, -0.25) is 0 Å². The third kappa shape index (κ3) is 5.51. The van der Waals surface area contributed by atoms with Crippen LogP contribution in [0.2, 0.25) is 0 Å². The van der Waals surface area contributed by atoms with Gasteiger partial charge in [0, 0.05) is 0 Å². The van der Waals surface area contributed by atoms with Gasteiger partial charge in [-0.2, -0.15) is 0 Å². The van der Waals surface area contributed by atoms with E-state index in [0.29, 0.717) is 6.42 Å². The van der Waals surface area contributed by atoms with Crippen LogP contribution in [-0.2, 0) is 0 Å². The second-order valence-corrected chi connectivity index (χ2v) is 13.2. The second kappa shape index (κ2) is 12.6. The number of pyridine rings is 1. The topological polar surface area (TPSA) is 88.9 Å². The van der Waals surface area contributed by atoms with Crippen molar-refractivity contribution in [2.75, 3.05) is 20.4 Å². The Morgan fingerprint density at radius 2 is 1.24 bits per heavy atom. The summed E-state index contributed by atoms with van der Waals surface area (Å²) in [5.74, 6) is -1.55. The number of benzene rings is 3. The number of rotatable bonds is 12. The molecule has 0 atom stereocenters. The molecule has 0 spiro atoms. The summed E-state index contributed by atoms with van der Waals surface area (Å²) < 4.78 is 10.1. The minimum absolute atomic E-state index is 0.0713. The Morgan fingerprint density at radius 1 is 0.737 bits per heavy atom. The van der Waals surface area contributed by atoms with Gasteiger partial charge in [0.05, 0.1) is 0 Å². The fourth-order valence-electron chi connectivity index (χ4n) is 5.18. The predicted octanol–water partition coefficient (Wildman–Crippen LogP) is 4.98.